The van der Waals surface area contributed by atoms with E-state index in [1.807, 2.05) is 25.1 Å². The Hall–Kier alpha value is -1.75. The van der Waals surface area contributed by atoms with E-state index in [4.69, 9.17) is 9.73 Å². The van der Waals surface area contributed by atoms with Crippen LogP contribution in [0.4, 0.5) is 0 Å². The summed E-state index contributed by atoms with van der Waals surface area (Å²) in [5.41, 5.74) is 2.20. The van der Waals surface area contributed by atoms with Crippen molar-refractivity contribution in [3.05, 3.63) is 47.7 Å². The van der Waals surface area contributed by atoms with Crippen LogP contribution in [-0.2, 0) is 9.53 Å². The average molecular weight is 288 g/mol. The molecule has 2 heterocycles. The van der Waals surface area contributed by atoms with Crippen LogP contribution in [0, 0.1) is 0 Å². The van der Waals surface area contributed by atoms with E-state index >= 15 is 0 Å². The number of benzene rings is 1. The summed E-state index contributed by atoms with van der Waals surface area (Å²) in [6.45, 7) is 3.02. The topological polar surface area (TPSA) is 41.9 Å². The van der Waals surface area contributed by atoms with Gasteiger partial charge in [-0.2, -0.15) is 0 Å². The van der Waals surface area contributed by atoms with Gasteiger partial charge in [0.25, 0.3) is 0 Å². The molecule has 0 aliphatic carbocycles. The number of esters is 1. The molecule has 1 fully saturated rings. The van der Waals surface area contributed by atoms with Crippen LogP contribution in [0.5, 0.6) is 0 Å². The van der Waals surface area contributed by atoms with Gasteiger partial charge in [0.2, 0.25) is 0 Å². The van der Waals surface area contributed by atoms with Gasteiger partial charge < -0.3 is 9.64 Å². The number of hydrogen-bond donors (Lipinski definition) is 0. The molecule has 0 bridgehead atoms. The Morgan fingerprint density at radius 1 is 1.50 bits per heavy atom. The zero-order valence-corrected chi connectivity index (χ0v) is 12.1. The molecule has 2 aliphatic rings. The largest absolute Gasteiger partial charge is 0.463 e. The molecule has 0 radical (unpaired) electrons. The van der Waals surface area contributed by atoms with Crippen LogP contribution in [0.2, 0.25) is 0 Å². The minimum atomic E-state index is -0.271. The molecule has 1 aromatic carbocycles. The van der Waals surface area contributed by atoms with Gasteiger partial charge in [0.1, 0.15) is 0 Å². The second kappa shape index (κ2) is 5.71. The van der Waals surface area contributed by atoms with Gasteiger partial charge in [0.15, 0.2) is 5.17 Å². The van der Waals surface area contributed by atoms with E-state index < -0.39 is 0 Å². The maximum atomic E-state index is 11.6. The maximum Gasteiger partial charge on any atom is 0.332 e. The van der Waals surface area contributed by atoms with Crippen LogP contribution < -0.4 is 0 Å². The second-order valence-electron chi connectivity index (χ2n) is 4.63. The van der Waals surface area contributed by atoms with Gasteiger partial charge in [-0.1, -0.05) is 42.1 Å². The average Bonchev–Trinajstić information content (AvgIpc) is 3.02. The highest BCUT2D eigenvalue weighted by atomic mass is 32.2. The molecule has 2 aliphatic heterocycles. The Bertz CT molecular complexity index is 568. The minimum Gasteiger partial charge on any atom is -0.463 e. The van der Waals surface area contributed by atoms with E-state index in [1.165, 1.54) is 5.56 Å². The van der Waals surface area contributed by atoms with Crippen molar-refractivity contribution < 1.29 is 9.53 Å². The number of fused-ring (bicyclic) bond motifs is 1. The highest BCUT2D eigenvalue weighted by Crippen LogP contribution is 2.37. The Labute approximate surface area is 122 Å². The molecule has 104 valence electrons. The summed E-state index contributed by atoms with van der Waals surface area (Å²) >= 11 is 1.68. The molecule has 0 amide bonds. The maximum absolute atomic E-state index is 11.6. The Balaban J connectivity index is 1.75. The number of aliphatic imine (C=N–C) groups is 1. The molecule has 20 heavy (non-hydrogen) atoms. The lowest BCUT2D eigenvalue weighted by atomic mass is 10.1. The van der Waals surface area contributed by atoms with E-state index in [2.05, 4.69) is 17.0 Å². The fourth-order valence-corrected chi connectivity index (χ4v) is 3.43. The number of ether oxygens (including phenoxy) is 1. The fourth-order valence-electron chi connectivity index (χ4n) is 2.36. The highest BCUT2D eigenvalue weighted by Gasteiger charge is 2.34. The number of carbonyl (C=O) groups is 1. The van der Waals surface area contributed by atoms with Crippen molar-refractivity contribution in [3.63, 3.8) is 0 Å². The fraction of sp³-hybridized carbons (Fsp3) is 0.333. The van der Waals surface area contributed by atoms with Crippen molar-refractivity contribution in [2.24, 2.45) is 4.99 Å². The zero-order valence-electron chi connectivity index (χ0n) is 11.3. The van der Waals surface area contributed by atoms with Crippen LogP contribution in [0.15, 0.2) is 47.1 Å². The van der Waals surface area contributed by atoms with Crippen LogP contribution >= 0.6 is 11.8 Å². The van der Waals surface area contributed by atoms with E-state index in [1.54, 1.807) is 17.8 Å². The summed E-state index contributed by atoms with van der Waals surface area (Å²) in [6.07, 6.45) is 1.59. The van der Waals surface area contributed by atoms with Gasteiger partial charge in [0.05, 0.1) is 19.2 Å². The minimum absolute atomic E-state index is 0.157. The Kier molecular flexibility index (Phi) is 3.78. The molecule has 4 nitrogen and oxygen atoms in total. The van der Waals surface area contributed by atoms with Gasteiger partial charge in [-0.05, 0) is 12.5 Å². The molecule has 1 saturated heterocycles. The smallest absolute Gasteiger partial charge is 0.332 e. The summed E-state index contributed by atoms with van der Waals surface area (Å²) in [4.78, 5) is 18.4. The lowest BCUT2D eigenvalue weighted by Gasteiger charge is -2.15. The summed E-state index contributed by atoms with van der Waals surface area (Å²) in [5, 5.41) is 1.01. The van der Waals surface area contributed by atoms with Crippen molar-refractivity contribution >= 4 is 22.9 Å². The van der Waals surface area contributed by atoms with Gasteiger partial charge in [-0.3, -0.25) is 4.99 Å². The van der Waals surface area contributed by atoms with Crippen LogP contribution in [-0.4, -0.2) is 34.9 Å². The lowest BCUT2D eigenvalue weighted by molar-refractivity contribution is -0.137. The molecular formula is C15H16N2O2S. The molecular weight excluding hydrogens is 272 g/mol. The first kappa shape index (κ1) is 13.2. The molecule has 3 rings (SSSR count). The summed E-state index contributed by atoms with van der Waals surface area (Å²) < 4.78 is 4.97. The quantitative estimate of drug-likeness (QED) is 0.633. The van der Waals surface area contributed by atoms with E-state index in [0.717, 1.165) is 23.2 Å². The number of hydrogen-bond acceptors (Lipinski definition) is 5. The van der Waals surface area contributed by atoms with Crippen LogP contribution in [0.1, 0.15) is 18.5 Å². The van der Waals surface area contributed by atoms with Crippen molar-refractivity contribution in [3.8, 4) is 0 Å². The number of amidine groups is 1. The molecule has 5 heteroatoms. The van der Waals surface area contributed by atoms with Crippen molar-refractivity contribution in [1.82, 2.24) is 4.90 Å². The number of carbonyl (C=O) groups excluding carboxylic acids is 1. The van der Waals surface area contributed by atoms with E-state index in [9.17, 15) is 4.79 Å². The van der Waals surface area contributed by atoms with Gasteiger partial charge >= 0.3 is 5.97 Å². The standard InChI is InChI=1S/C15H16N2O2S/c1-2-19-14(18)8-12-10-20-15-16-13(9-17(12)15)11-6-4-3-5-7-11/h3-8,13H,2,9-10H2,1H3/b12-8-. The number of rotatable bonds is 3. The third-order valence-electron chi connectivity index (χ3n) is 3.30. The summed E-state index contributed by atoms with van der Waals surface area (Å²) in [5.74, 6) is 0.520. The van der Waals surface area contributed by atoms with Crippen LogP contribution in [0.3, 0.4) is 0 Å². The predicted molar refractivity (Wildman–Crippen MR) is 80.5 cm³/mol. The monoisotopic (exact) mass is 288 g/mol. The first-order valence-electron chi connectivity index (χ1n) is 6.68. The molecule has 0 saturated carbocycles. The van der Waals surface area contributed by atoms with Crippen molar-refractivity contribution in [2.45, 2.75) is 13.0 Å². The molecule has 0 N–H and O–H groups in total. The Morgan fingerprint density at radius 2 is 2.30 bits per heavy atom. The number of nitrogens with zero attached hydrogens (tertiary/aromatic N) is 2. The first-order chi connectivity index (χ1) is 9.78. The second-order valence-corrected chi connectivity index (χ2v) is 5.57. The summed E-state index contributed by atoms with van der Waals surface area (Å²) in [6, 6.07) is 10.4. The van der Waals surface area contributed by atoms with Gasteiger partial charge in [0, 0.05) is 17.5 Å². The zero-order chi connectivity index (χ0) is 13.9. The molecule has 0 spiro atoms. The third-order valence-corrected chi connectivity index (χ3v) is 4.33. The molecule has 1 unspecified atom stereocenters. The molecule has 0 aromatic heterocycles. The Morgan fingerprint density at radius 3 is 3.05 bits per heavy atom. The normalized spacial score (nSPS) is 22.9. The number of thioether (sulfide) groups is 1. The van der Waals surface area contributed by atoms with Crippen molar-refractivity contribution in [1.29, 1.82) is 0 Å². The van der Waals surface area contributed by atoms with Crippen LogP contribution in [0.25, 0.3) is 0 Å². The van der Waals surface area contributed by atoms with Gasteiger partial charge in [-0.15, -0.1) is 0 Å². The van der Waals surface area contributed by atoms with E-state index in [0.29, 0.717) is 6.61 Å². The van der Waals surface area contributed by atoms with E-state index in [-0.39, 0.29) is 12.0 Å². The third kappa shape index (κ3) is 2.58. The SMILES string of the molecule is CCOC(=O)/C=C1/CSC2=NC(c3ccccc3)CN21. The molecule has 1 aromatic rings. The lowest BCUT2D eigenvalue weighted by Crippen LogP contribution is -2.21. The highest BCUT2D eigenvalue weighted by molar-refractivity contribution is 8.14. The predicted octanol–water partition coefficient (Wildman–Crippen LogP) is 2.59. The van der Waals surface area contributed by atoms with Crippen molar-refractivity contribution in [2.75, 3.05) is 18.9 Å². The van der Waals surface area contributed by atoms with Gasteiger partial charge in [-0.25, -0.2) is 4.79 Å². The molecule has 1 atom stereocenters. The summed E-state index contributed by atoms with van der Waals surface area (Å²) in [7, 11) is 0. The first-order valence-corrected chi connectivity index (χ1v) is 7.67.